The lowest BCUT2D eigenvalue weighted by molar-refractivity contribution is 0.479. The van der Waals surface area contributed by atoms with Crippen LogP contribution in [0.3, 0.4) is 0 Å². The third-order valence-electron chi connectivity index (χ3n) is 3.19. The molecule has 0 aliphatic carbocycles. The monoisotopic (exact) mass is 351 g/mol. The van der Waals surface area contributed by atoms with Crippen LogP contribution in [0.4, 0.5) is 8.78 Å². The van der Waals surface area contributed by atoms with Gasteiger partial charge in [-0.25, -0.2) is 8.78 Å². The van der Waals surface area contributed by atoms with E-state index in [1.807, 2.05) is 0 Å². The summed E-state index contributed by atoms with van der Waals surface area (Å²) in [7, 11) is 0. The molecule has 3 nitrogen and oxygen atoms in total. The zero-order valence-electron chi connectivity index (χ0n) is 10.5. The molecule has 0 saturated carbocycles. The van der Waals surface area contributed by atoms with Gasteiger partial charge in [-0.15, -0.1) is 0 Å². The minimum Gasteiger partial charge on any atom is -0.505 e. The second-order valence-corrected chi connectivity index (χ2v) is 5.38. The minimum absolute atomic E-state index is 0.0319. The van der Waals surface area contributed by atoms with E-state index in [-0.39, 0.29) is 16.8 Å². The molecule has 0 amide bonds. The predicted molar refractivity (Wildman–Crippen MR) is 79.3 cm³/mol. The Kier molecular flexibility index (Phi) is 3.25. The number of H-pyrrole nitrogens is 1. The summed E-state index contributed by atoms with van der Waals surface area (Å²) >= 11 is 3.28. The number of nitrogens with one attached hydrogen (secondary N) is 1. The van der Waals surface area contributed by atoms with Crippen LogP contribution in [0, 0.1) is 11.6 Å². The van der Waals surface area contributed by atoms with Crippen molar-refractivity contribution in [1.82, 2.24) is 4.98 Å². The van der Waals surface area contributed by atoms with Crippen molar-refractivity contribution in [2.45, 2.75) is 0 Å². The summed E-state index contributed by atoms with van der Waals surface area (Å²) in [6, 6.07) is 8.90. The summed E-state index contributed by atoms with van der Waals surface area (Å²) in [5, 5.41) is 9.72. The summed E-state index contributed by atoms with van der Waals surface area (Å²) in [4.78, 5) is 14.4. The molecule has 21 heavy (non-hydrogen) atoms. The highest BCUT2D eigenvalue weighted by molar-refractivity contribution is 9.10. The predicted octanol–water partition coefficient (Wildman–Crippen LogP) is 3.94. The smallest absolute Gasteiger partial charge is 0.259 e. The lowest BCUT2D eigenvalue weighted by atomic mass is 10.1. The Morgan fingerprint density at radius 3 is 2.38 bits per heavy atom. The van der Waals surface area contributed by atoms with Crippen molar-refractivity contribution >= 4 is 26.7 Å². The molecule has 0 spiro atoms. The van der Waals surface area contributed by atoms with Crippen molar-refractivity contribution in [3.8, 4) is 17.0 Å². The fourth-order valence-corrected chi connectivity index (χ4v) is 2.43. The molecule has 0 aliphatic rings. The summed E-state index contributed by atoms with van der Waals surface area (Å²) in [6.07, 6.45) is 0. The first-order valence-electron chi connectivity index (χ1n) is 5.98. The molecule has 106 valence electrons. The third-order valence-corrected chi connectivity index (χ3v) is 3.71. The van der Waals surface area contributed by atoms with Gasteiger partial charge in [0.1, 0.15) is 5.75 Å². The summed E-state index contributed by atoms with van der Waals surface area (Å²) in [6.45, 7) is 0. The summed E-state index contributed by atoms with van der Waals surface area (Å²) in [5.74, 6) is -2.71. The van der Waals surface area contributed by atoms with Gasteiger partial charge in [-0.05, 0) is 24.3 Å². The molecule has 0 aliphatic heterocycles. The summed E-state index contributed by atoms with van der Waals surface area (Å²) in [5.41, 5.74) is -0.0804. The van der Waals surface area contributed by atoms with Gasteiger partial charge in [-0.3, -0.25) is 4.79 Å². The maximum atomic E-state index is 13.7. The molecule has 6 heteroatoms. The van der Waals surface area contributed by atoms with Crippen LogP contribution >= 0.6 is 15.9 Å². The Labute approximate surface area is 126 Å². The lowest BCUT2D eigenvalue weighted by Gasteiger charge is -2.09. The van der Waals surface area contributed by atoms with Gasteiger partial charge < -0.3 is 10.1 Å². The SMILES string of the molecule is O=c1[nH]c(-c2ccc(Br)cc2)c(O)c2ccc(F)c(F)c12. The molecule has 2 N–H and O–H groups in total. The van der Waals surface area contributed by atoms with Crippen LogP contribution in [-0.4, -0.2) is 10.1 Å². The van der Waals surface area contributed by atoms with E-state index in [0.29, 0.717) is 5.56 Å². The van der Waals surface area contributed by atoms with Crippen LogP contribution in [0.25, 0.3) is 22.0 Å². The van der Waals surface area contributed by atoms with Gasteiger partial charge in [0.05, 0.1) is 11.1 Å². The Morgan fingerprint density at radius 1 is 1.05 bits per heavy atom. The number of aromatic nitrogens is 1. The number of benzene rings is 2. The van der Waals surface area contributed by atoms with E-state index in [1.54, 1.807) is 24.3 Å². The zero-order chi connectivity index (χ0) is 15.1. The third kappa shape index (κ3) is 2.21. The number of rotatable bonds is 1. The molecule has 3 rings (SSSR count). The Bertz CT molecular complexity index is 904. The molecule has 0 unspecified atom stereocenters. The van der Waals surface area contributed by atoms with E-state index in [0.717, 1.165) is 10.5 Å². The number of halogens is 3. The zero-order valence-corrected chi connectivity index (χ0v) is 12.0. The summed E-state index contributed by atoms with van der Waals surface area (Å²) < 4.78 is 27.8. The molecule has 1 aromatic heterocycles. The van der Waals surface area contributed by atoms with E-state index < -0.39 is 22.6 Å². The first kappa shape index (κ1) is 13.8. The Hall–Kier alpha value is -2.21. The van der Waals surface area contributed by atoms with E-state index in [9.17, 15) is 18.7 Å². The van der Waals surface area contributed by atoms with E-state index in [1.165, 1.54) is 6.07 Å². The molecule has 0 fully saturated rings. The molecule has 0 bridgehead atoms. The maximum Gasteiger partial charge on any atom is 0.259 e. The van der Waals surface area contributed by atoms with Crippen LogP contribution in [0.5, 0.6) is 5.75 Å². The second kappa shape index (κ2) is 4.96. The van der Waals surface area contributed by atoms with Crippen LogP contribution in [0.15, 0.2) is 45.7 Å². The normalized spacial score (nSPS) is 11.0. The highest BCUT2D eigenvalue weighted by Gasteiger charge is 2.17. The van der Waals surface area contributed by atoms with Gasteiger partial charge >= 0.3 is 0 Å². The van der Waals surface area contributed by atoms with Crippen molar-refractivity contribution < 1.29 is 13.9 Å². The molecule has 0 saturated heterocycles. The number of fused-ring (bicyclic) bond motifs is 1. The van der Waals surface area contributed by atoms with Crippen LogP contribution in [-0.2, 0) is 0 Å². The molecule has 2 aromatic carbocycles. The maximum absolute atomic E-state index is 13.7. The average molecular weight is 352 g/mol. The topological polar surface area (TPSA) is 53.1 Å². The quantitative estimate of drug-likeness (QED) is 0.697. The average Bonchev–Trinajstić information content (AvgIpc) is 2.47. The minimum atomic E-state index is -1.27. The standard InChI is InChI=1S/C15H8BrF2NO2/c16-8-3-1-7(2-4-8)13-14(20)9-5-6-10(17)12(18)11(9)15(21)19-13/h1-6,20H,(H,19,21). The van der Waals surface area contributed by atoms with Crippen LogP contribution < -0.4 is 5.56 Å². The van der Waals surface area contributed by atoms with Gasteiger partial charge in [0.2, 0.25) is 0 Å². The van der Waals surface area contributed by atoms with Crippen molar-refractivity contribution in [3.63, 3.8) is 0 Å². The number of aromatic amines is 1. The molecular formula is C15H8BrF2NO2. The van der Waals surface area contributed by atoms with Crippen molar-refractivity contribution in [3.05, 3.63) is 62.9 Å². The van der Waals surface area contributed by atoms with E-state index in [4.69, 9.17) is 0 Å². The van der Waals surface area contributed by atoms with Gasteiger partial charge in [0, 0.05) is 15.4 Å². The second-order valence-electron chi connectivity index (χ2n) is 4.47. The molecular weight excluding hydrogens is 344 g/mol. The van der Waals surface area contributed by atoms with E-state index in [2.05, 4.69) is 20.9 Å². The largest absolute Gasteiger partial charge is 0.505 e. The number of pyridine rings is 1. The molecule has 0 radical (unpaired) electrons. The van der Waals surface area contributed by atoms with Gasteiger partial charge in [-0.1, -0.05) is 28.1 Å². The highest BCUT2D eigenvalue weighted by Crippen LogP contribution is 2.33. The first-order chi connectivity index (χ1) is 9.99. The fourth-order valence-electron chi connectivity index (χ4n) is 2.17. The first-order valence-corrected chi connectivity index (χ1v) is 6.77. The van der Waals surface area contributed by atoms with Crippen LogP contribution in [0.2, 0.25) is 0 Å². The number of aromatic hydroxyl groups is 1. The van der Waals surface area contributed by atoms with Crippen molar-refractivity contribution in [2.75, 3.05) is 0 Å². The highest BCUT2D eigenvalue weighted by atomic mass is 79.9. The molecule has 0 atom stereocenters. The fraction of sp³-hybridized carbons (Fsp3) is 0. The number of hydrogen-bond donors (Lipinski definition) is 2. The van der Waals surface area contributed by atoms with Gasteiger partial charge in [0.15, 0.2) is 11.6 Å². The Morgan fingerprint density at radius 2 is 1.71 bits per heavy atom. The van der Waals surface area contributed by atoms with E-state index >= 15 is 0 Å². The lowest BCUT2D eigenvalue weighted by Crippen LogP contribution is -2.10. The van der Waals surface area contributed by atoms with Crippen molar-refractivity contribution in [1.29, 1.82) is 0 Å². The van der Waals surface area contributed by atoms with Crippen molar-refractivity contribution in [2.24, 2.45) is 0 Å². The number of hydrogen-bond acceptors (Lipinski definition) is 2. The molecule has 3 aromatic rings. The van der Waals surface area contributed by atoms with Gasteiger partial charge in [0.25, 0.3) is 5.56 Å². The van der Waals surface area contributed by atoms with Gasteiger partial charge in [-0.2, -0.15) is 0 Å². The Balaban J connectivity index is 2.37. The molecule has 1 heterocycles. The van der Waals surface area contributed by atoms with Crippen LogP contribution in [0.1, 0.15) is 0 Å².